The summed E-state index contributed by atoms with van der Waals surface area (Å²) in [5.74, 6) is 0. The van der Waals surface area contributed by atoms with Crippen LogP contribution < -0.4 is 0 Å². The van der Waals surface area contributed by atoms with E-state index in [2.05, 4.69) is 215 Å². The minimum absolute atomic E-state index is 1.15. The first-order chi connectivity index (χ1) is 27.7. The van der Waals surface area contributed by atoms with Crippen molar-refractivity contribution in [3.63, 3.8) is 0 Å². The van der Waals surface area contributed by atoms with Crippen LogP contribution in [0.25, 0.3) is 109 Å². The first-order valence-corrected chi connectivity index (χ1v) is 19.3. The molecule has 0 spiro atoms. The van der Waals surface area contributed by atoms with E-state index in [1.807, 2.05) is 0 Å². The standard InChI is InChI=1S/C54H34N2/c1-2-17-45(18-3-1)55-53-26-22-42-33-49(53)50-34-44(24-27-54(50)55)43-23-25-52-48(32-43)47-20-4-5-21-51(47)56(52)46-19-9-16-41(31-46)39-14-7-12-37(29-39)35-10-6-11-36(28-35)38-13-8-15-40(42)30-38/h1-34H. The van der Waals surface area contributed by atoms with Crippen LogP contribution in [0.1, 0.15) is 0 Å². The zero-order valence-electron chi connectivity index (χ0n) is 30.5. The Labute approximate surface area is 322 Å². The molecular formula is C54H34N2. The maximum Gasteiger partial charge on any atom is 0.0541 e. The highest BCUT2D eigenvalue weighted by molar-refractivity contribution is 6.16. The molecule has 0 N–H and O–H groups in total. The van der Waals surface area contributed by atoms with E-state index in [1.54, 1.807) is 0 Å². The van der Waals surface area contributed by atoms with Gasteiger partial charge in [-0.25, -0.2) is 0 Å². The SMILES string of the molecule is c1ccc(-n2c3ccc4cc3c3cc(ccc32)c2ccc3c(c2)c2ccccc2n3c2cccc(c2)c2cccc(c2)c2cccc(c2)c2cccc4c2)cc1. The molecule has 2 heteroatoms. The largest absolute Gasteiger partial charge is 0.309 e. The first-order valence-electron chi connectivity index (χ1n) is 19.3. The Bertz CT molecular complexity index is 3700. The van der Waals surface area contributed by atoms with Crippen LogP contribution in [0.4, 0.5) is 0 Å². The number of benzene rings is 9. The van der Waals surface area contributed by atoms with Crippen LogP contribution in [-0.2, 0) is 0 Å². The molecule has 16 bridgehead atoms. The number of para-hydroxylation sites is 2. The van der Waals surface area contributed by atoms with Gasteiger partial charge in [-0.05, 0) is 139 Å². The summed E-state index contributed by atoms with van der Waals surface area (Å²) in [6.45, 7) is 0. The van der Waals surface area contributed by atoms with E-state index in [9.17, 15) is 0 Å². The second-order valence-corrected chi connectivity index (χ2v) is 15.0. The average molecular weight is 711 g/mol. The summed E-state index contributed by atoms with van der Waals surface area (Å²) >= 11 is 0. The highest BCUT2D eigenvalue weighted by Gasteiger charge is 2.14. The Balaban J connectivity index is 1.28. The maximum absolute atomic E-state index is 2.42. The molecule has 0 atom stereocenters. The van der Waals surface area contributed by atoms with Crippen molar-refractivity contribution < 1.29 is 0 Å². The number of rotatable bonds is 1. The van der Waals surface area contributed by atoms with Gasteiger partial charge in [-0.3, -0.25) is 0 Å². The van der Waals surface area contributed by atoms with Gasteiger partial charge >= 0.3 is 0 Å². The molecule has 0 amide bonds. The van der Waals surface area contributed by atoms with Crippen molar-refractivity contribution in [3.8, 4) is 5.69 Å². The fourth-order valence-electron chi connectivity index (χ4n) is 9.13. The van der Waals surface area contributed by atoms with Crippen LogP contribution in [0.3, 0.4) is 0 Å². The van der Waals surface area contributed by atoms with Gasteiger partial charge in [0.25, 0.3) is 0 Å². The Morgan fingerprint density at radius 2 is 0.625 bits per heavy atom. The summed E-state index contributed by atoms with van der Waals surface area (Å²) in [5.41, 5.74) is 7.11. The van der Waals surface area contributed by atoms with Gasteiger partial charge < -0.3 is 8.97 Å². The molecule has 9 aromatic carbocycles. The molecule has 13 aromatic rings. The Morgan fingerprint density at radius 3 is 1.16 bits per heavy atom. The summed E-state index contributed by atoms with van der Waals surface area (Å²) in [6.07, 6.45) is 0. The molecule has 0 unspecified atom stereocenters. The minimum atomic E-state index is 1.15. The lowest BCUT2D eigenvalue weighted by Gasteiger charge is -2.07. The maximum atomic E-state index is 2.42. The van der Waals surface area contributed by atoms with Gasteiger partial charge in [-0.1, -0.05) is 121 Å². The molecule has 260 valence electrons. The molecule has 0 saturated heterocycles. The molecule has 13 rings (SSSR count). The summed E-state index contributed by atoms with van der Waals surface area (Å²) in [5, 5.41) is 17.0. The highest BCUT2D eigenvalue weighted by Crippen LogP contribution is 2.37. The van der Waals surface area contributed by atoms with E-state index in [4.69, 9.17) is 0 Å². The molecule has 4 heterocycles. The predicted molar refractivity (Wildman–Crippen MR) is 241 cm³/mol. The molecule has 0 aliphatic heterocycles. The second kappa shape index (κ2) is 12.0. The fraction of sp³-hybridized carbons (Fsp3) is 0. The third-order valence-corrected chi connectivity index (χ3v) is 11.8. The van der Waals surface area contributed by atoms with Crippen molar-refractivity contribution >= 4 is 103 Å². The summed E-state index contributed by atoms with van der Waals surface area (Å²) in [4.78, 5) is 0. The van der Waals surface area contributed by atoms with Crippen LogP contribution in [-0.4, -0.2) is 8.97 Å². The third-order valence-electron chi connectivity index (χ3n) is 11.8. The molecule has 4 aromatic heterocycles. The molecule has 0 fully saturated rings. The average Bonchev–Trinajstić information content (AvgIpc) is 3.78. The van der Waals surface area contributed by atoms with Crippen LogP contribution in [0.2, 0.25) is 0 Å². The number of hydrogen-bond acceptors (Lipinski definition) is 0. The number of fused-ring (bicyclic) bond motifs is 2. The van der Waals surface area contributed by atoms with Crippen molar-refractivity contribution in [2.24, 2.45) is 0 Å². The molecule has 0 aliphatic carbocycles. The van der Waals surface area contributed by atoms with E-state index in [0.29, 0.717) is 0 Å². The molecule has 0 aliphatic rings. The third kappa shape index (κ3) is 4.76. The normalized spacial score (nSPS) is 11.9. The van der Waals surface area contributed by atoms with Crippen LogP contribution in [0, 0.1) is 0 Å². The Kier molecular flexibility index (Phi) is 6.66. The van der Waals surface area contributed by atoms with E-state index in [-0.39, 0.29) is 0 Å². The van der Waals surface area contributed by atoms with Gasteiger partial charge in [0.15, 0.2) is 0 Å². The van der Waals surface area contributed by atoms with E-state index < -0.39 is 0 Å². The Morgan fingerprint density at radius 1 is 0.232 bits per heavy atom. The van der Waals surface area contributed by atoms with Gasteiger partial charge in [0.05, 0.1) is 22.1 Å². The summed E-state index contributed by atoms with van der Waals surface area (Å²) in [6, 6.07) is 76.4. The lowest BCUT2D eigenvalue weighted by atomic mass is 10.0. The van der Waals surface area contributed by atoms with Crippen LogP contribution in [0.5, 0.6) is 0 Å². The van der Waals surface area contributed by atoms with Gasteiger partial charge in [-0.15, -0.1) is 0 Å². The monoisotopic (exact) mass is 710 g/mol. The number of nitrogens with zero attached hydrogens (tertiary/aromatic N) is 2. The second-order valence-electron chi connectivity index (χ2n) is 15.0. The topological polar surface area (TPSA) is 9.34 Å². The zero-order chi connectivity index (χ0) is 36.7. The Hall–Kier alpha value is -7.42. The van der Waals surface area contributed by atoms with Crippen molar-refractivity contribution in [1.29, 1.82) is 0 Å². The molecule has 0 radical (unpaired) electrons. The van der Waals surface area contributed by atoms with Crippen molar-refractivity contribution in [2.75, 3.05) is 0 Å². The number of aromatic nitrogens is 2. The van der Waals surface area contributed by atoms with Gasteiger partial charge in [0.1, 0.15) is 0 Å². The van der Waals surface area contributed by atoms with E-state index in [0.717, 1.165) is 11.2 Å². The van der Waals surface area contributed by atoms with Gasteiger partial charge in [0.2, 0.25) is 0 Å². The molecular weight excluding hydrogens is 677 g/mol. The fourth-order valence-corrected chi connectivity index (χ4v) is 9.13. The van der Waals surface area contributed by atoms with Crippen molar-refractivity contribution in [3.05, 3.63) is 206 Å². The predicted octanol–water partition coefficient (Wildman–Crippen LogP) is 14.8. The molecule has 56 heavy (non-hydrogen) atoms. The zero-order valence-corrected chi connectivity index (χ0v) is 30.5. The number of hydrogen-bond donors (Lipinski definition) is 0. The minimum Gasteiger partial charge on any atom is -0.309 e. The molecule has 2 nitrogen and oxygen atoms in total. The van der Waals surface area contributed by atoms with Crippen LogP contribution >= 0.6 is 0 Å². The smallest absolute Gasteiger partial charge is 0.0541 e. The van der Waals surface area contributed by atoms with Gasteiger partial charge in [-0.2, -0.15) is 0 Å². The summed E-state index contributed by atoms with van der Waals surface area (Å²) < 4.78 is 4.83. The molecule has 0 saturated carbocycles. The van der Waals surface area contributed by atoms with Gasteiger partial charge in [0, 0.05) is 32.7 Å². The van der Waals surface area contributed by atoms with Crippen LogP contribution in [0.15, 0.2) is 206 Å². The quantitative estimate of drug-likeness (QED) is 0.160. The highest BCUT2D eigenvalue weighted by atomic mass is 15.0. The van der Waals surface area contributed by atoms with Crippen molar-refractivity contribution in [2.45, 2.75) is 0 Å². The van der Waals surface area contributed by atoms with E-state index >= 15 is 0 Å². The first kappa shape index (κ1) is 31.0. The van der Waals surface area contributed by atoms with Crippen molar-refractivity contribution in [1.82, 2.24) is 8.97 Å². The lowest BCUT2D eigenvalue weighted by molar-refractivity contribution is 1.18. The summed E-state index contributed by atoms with van der Waals surface area (Å²) in [7, 11) is 0. The van der Waals surface area contributed by atoms with E-state index in [1.165, 1.54) is 97.5 Å². The lowest BCUT2D eigenvalue weighted by Crippen LogP contribution is -1.92.